The van der Waals surface area contributed by atoms with Crippen LogP contribution in [-0.4, -0.2) is 21.5 Å². The lowest BCUT2D eigenvalue weighted by atomic mass is 10.0. The maximum atomic E-state index is 11.9. The number of nitrogens with two attached hydrogens (primary N) is 1. The van der Waals surface area contributed by atoms with Crippen LogP contribution in [0.4, 0.5) is 5.69 Å². The molecule has 0 spiro atoms. The Balaban J connectivity index is 1.57. The number of carbonyl (C=O) groups excluding carboxylic acids is 1. The van der Waals surface area contributed by atoms with Gasteiger partial charge in [0.05, 0.1) is 0 Å². The lowest BCUT2D eigenvalue weighted by Crippen LogP contribution is -2.05. The molecule has 0 unspecified atom stereocenters. The molecule has 4 nitrogen and oxygen atoms in total. The van der Waals surface area contributed by atoms with Crippen LogP contribution in [0.2, 0.25) is 0 Å². The molecule has 0 atom stereocenters. The van der Waals surface area contributed by atoms with Gasteiger partial charge in [0.15, 0.2) is 5.16 Å². The molecule has 1 heterocycles. The second kappa shape index (κ2) is 9.20. The van der Waals surface area contributed by atoms with Gasteiger partial charge in [0.1, 0.15) is 5.78 Å². The lowest BCUT2D eigenvalue weighted by Gasteiger charge is -2.05. The number of rotatable bonds is 9. The van der Waals surface area contributed by atoms with Crippen LogP contribution in [0.1, 0.15) is 31.2 Å². The van der Waals surface area contributed by atoms with Crippen molar-refractivity contribution in [1.82, 2.24) is 9.97 Å². The molecule has 0 radical (unpaired) electrons. The molecule has 22 heavy (non-hydrogen) atoms. The minimum Gasteiger partial charge on any atom is -0.398 e. The summed E-state index contributed by atoms with van der Waals surface area (Å²) >= 11 is 1.66. The molecule has 0 aliphatic rings. The van der Waals surface area contributed by atoms with Gasteiger partial charge in [-0.3, -0.25) is 4.79 Å². The van der Waals surface area contributed by atoms with Crippen molar-refractivity contribution in [3.63, 3.8) is 0 Å². The first-order valence-electron chi connectivity index (χ1n) is 7.50. The Kier molecular flexibility index (Phi) is 6.90. The first-order valence-corrected chi connectivity index (χ1v) is 8.49. The zero-order valence-corrected chi connectivity index (χ0v) is 13.4. The van der Waals surface area contributed by atoms with Crippen molar-refractivity contribution < 1.29 is 4.79 Å². The number of carbonyl (C=O) groups is 1. The van der Waals surface area contributed by atoms with Gasteiger partial charge >= 0.3 is 0 Å². The fourth-order valence-corrected chi connectivity index (χ4v) is 2.92. The van der Waals surface area contributed by atoms with Crippen LogP contribution in [0.25, 0.3) is 0 Å². The number of unbranched alkanes of at least 4 members (excludes halogenated alkanes) is 2. The predicted octanol–water partition coefficient (Wildman–Crippen LogP) is 3.52. The van der Waals surface area contributed by atoms with Crippen LogP contribution >= 0.6 is 11.8 Å². The van der Waals surface area contributed by atoms with E-state index < -0.39 is 0 Å². The predicted molar refractivity (Wildman–Crippen MR) is 90.8 cm³/mol. The summed E-state index contributed by atoms with van der Waals surface area (Å²) in [6.45, 7) is 0. The number of ketones is 1. The minimum absolute atomic E-state index is 0.261. The zero-order valence-electron chi connectivity index (χ0n) is 12.6. The quantitative estimate of drug-likeness (QED) is 0.332. The van der Waals surface area contributed by atoms with Gasteiger partial charge in [0, 0.05) is 36.7 Å². The Morgan fingerprint density at radius 1 is 1.05 bits per heavy atom. The van der Waals surface area contributed by atoms with E-state index in [4.69, 9.17) is 5.73 Å². The van der Waals surface area contributed by atoms with E-state index >= 15 is 0 Å². The van der Waals surface area contributed by atoms with E-state index in [2.05, 4.69) is 9.97 Å². The fourth-order valence-electron chi connectivity index (χ4n) is 2.12. The summed E-state index contributed by atoms with van der Waals surface area (Å²) in [6.07, 6.45) is 7.63. The fraction of sp³-hybridized carbons (Fsp3) is 0.353. The average molecular weight is 315 g/mol. The molecule has 2 aromatic rings. The third-order valence-corrected chi connectivity index (χ3v) is 4.28. The summed E-state index contributed by atoms with van der Waals surface area (Å²) in [5.74, 6) is 1.25. The number of nitrogens with zero attached hydrogens (tertiary/aromatic N) is 2. The summed E-state index contributed by atoms with van der Waals surface area (Å²) in [5.41, 5.74) is 7.49. The molecule has 0 saturated carbocycles. The standard InChI is InChI=1S/C17H21N3OS/c18-16-9-4-3-7-14(16)13-15(21)8-2-1-5-12-22-17-19-10-6-11-20-17/h3-4,6-7,9-11H,1-2,5,8,12-13,18H2. The van der Waals surface area contributed by atoms with Crippen molar-refractivity contribution >= 4 is 23.2 Å². The number of anilines is 1. The Bertz CT molecular complexity index is 589. The van der Waals surface area contributed by atoms with E-state index in [9.17, 15) is 4.79 Å². The van der Waals surface area contributed by atoms with Crippen molar-refractivity contribution in [2.45, 2.75) is 37.3 Å². The van der Waals surface area contributed by atoms with Gasteiger partial charge < -0.3 is 5.73 Å². The van der Waals surface area contributed by atoms with Crippen LogP contribution in [0.15, 0.2) is 47.9 Å². The van der Waals surface area contributed by atoms with E-state index in [-0.39, 0.29) is 5.78 Å². The summed E-state index contributed by atoms with van der Waals surface area (Å²) in [4.78, 5) is 20.3. The lowest BCUT2D eigenvalue weighted by molar-refractivity contribution is -0.118. The van der Waals surface area contributed by atoms with Gasteiger partial charge in [-0.2, -0.15) is 0 Å². The molecule has 1 aromatic heterocycles. The maximum absolute atomic E-state index is 11.9. The molecule has 0 fully saturated rings. The highest BCUT2D eigenvalue weighted by molar-refractivity contribution is 7.99. The van der Waals surface area contributed by atoms with Gasteiger partial charge in [-0.1, -0.05) is 36.4 Å². The number of para-hydroxylation sites is 1. The number of aromatic nitrogens is 2. The summed E-state index contributed by atoms with van der Waals surface area (Å²) < 4.78 is 0. The molecule has 5 heteroatoms. The molecular weight excluding hydrogens is 294 g/mol. The zero-order chi connectivity index (χ0) is 15.6. The molecule has 0 amide bonds. The van der Waals surface area contributed by atoms with E-state index in [1.807, 2.05) is 30.3 Å². The van der Waals surface area contributed by atoms with E-state index in [0.717, 1.165) is 35.7 Å². The number of hydrogen-bond acceptors (Lipinski definition) is 5. The third kappa shape index (κ3) is 5.85. The largest absolute Gasteiger partial charge is 0.398 e. The smallest absolute Gasteiger partial charge is 0.187 e. The molecule has 0 bridgehead atoms. The van der Waals surface area contributed by atoms with E-state index in [1.165, 1.54) is 0 Å². The maximum Gasteiger partial charge on any atom is 0.187 e. The Hall–Kier alpha value is -1.88. The molecule has 116 valence electrons. The van der Waals surface area contributed by atoms with Crippen LogP contribution in [0, 0.1) is 0 Å². The molecule has 2 N–H and O–H groups in total. The highest BCUT2D eigenvalue weighted by Crippen LogP contribution is 2.16. The SMILES string of the molecule is Nc1ccccc1CC(=O)CCCCCSc1ncccn1. The van der Waals surface area contributed by atoms with Gasteiger partial charge in [-0.15, -0.1) is 0 Å². The number of Topliss-reactive ketones (excluding diaryl/α,β-unsaturated/α-hetero) is 1. The molecule has 0 saturated heterocycles. The van der Waals surface area contributed by atoms with Crippen LogP contribution < -0.4 is 5.73 Å². The van der Waals surface area contributed by atoms with Crippen molar-refractivity contribution in [2.75, 3.05) is 11.5 Å². The van der Waals surface area contributed by atoms with Crippen molar-refractivity contribution in [3.05, 3.63) is 48.3 Å². The van der Waals surface area contributed by atoms with Crippen LogP contribution in [0.3, 0.4) is 0 Å². The first kappa shape index (κ1) is 16.5. The molecule has 0 aliphatic carbocycles. The Morgan fingerprint density at radius 3 is 2.59 bits per heavy atom. The summed E-state index contributed by atoms with van der Waals surface area (Å²) in [6, 6.07) is 9.38. The first-order chi connectivity index (χ1) is 10.8. The third-order valence-electron chi connectivity index (χ3n) is 3.32. The second-order valence-corrected chi connectivity index (χ2v) is 6.17. The highest BCUT2D eigenvalue weighted by atomic mass is 32.2. The molecule has 2 rings (SSSR count). The summed E-state index contributed by atoms with van der Waals surface area (Å²) in [5, 5.41) is 0.818. The van der Waals surface area contributed by atoms with Gasteiger partial charge in [-0.05, 0) is 30.5 Å². The van der Waals surface area contributed by atoms with E-state index in [1.54, 1.807) is 24.2 Å². The Morgan fingerprint density at radius 2 is 1.82 bits per heavy atom. The summed E-state index contributed by atoms with van der Waals surface area (Å²) in [7, 11) is 0. The van der Waals surface area contributed by atoms with Crippen molar-refractivity contribution in [3.8, 4) is 0 Å². The van der Waals surface area contributed by atoms with Crippen LogP contribution in [0.5, 0.6) is 0 Å². The average Bonchev–Trinajstić information content (AvgIpc) is 2.54. The molecule has 0 aliphatic heterocycles. The normalized spacial score (nSPS) is 10.5. The number of nitrogen functional groups attached to an aromatic ring is 1. The van der Waals surface area contributed by atoms with Gasteiger partial charge in [0.2, 0.25) is 0 Å². The number of benzene rings is 1. The Labute approximate surface area is 135 Å². The molecular formula is C17H21N3OS. The van der Waals surface area contributed by atoms with E-state index in [0.29, 0.717) is 18.5 Å². The number of thioether (sulfide) groups is 1. The topological polar surface area (TPSA) is 68.9 Å². The molecule has 1 aromatic carbocycles. The van der Waals surface area contributed by atoms with Gasteiger partial charge in [-0.25, -0.2) is 9.97 Å². The van der Waals surface area contributed by atoms with Crippen LogP contribution in [-0.2, 0) is 11.2 Å². The highest BCUT2D eigenvalue weighted by Gasteiger charge is 2.06. The minimum atomic E-state index is 0.261. The van der Waals surface area contributed by atoms with Crippen molar-refractivity contribution in [1.29, 1.82) is 0 Å². The number of hydrogen-bond donors (Lipinski definition) is 1. The van der Waals surface area contributed by atoms with Crippen molar-refractivity contribution in [2.24, 2.45) is 0 Å². The monoisotopic (exact) mass is 315 g/mol. The van der Waals surface area contributed by atoms with Gasteiger partial charge in [0.25, 0.3) is 0 Å². The second-order valence-electron chi connectivity index (χ2n) is 5.10.